The van der Waals surface area contributed by atoms with Gasteiger partial charge in [0.1, 0.15) is 11.2 Å². The summed E-state index contributed by atoms with van der Waals surface area (Å²) < 4.78 is 6.31. The summed E-state index contributed by atoms with van der Waals surface area (Å²) in [5, 5.41) is 2.20. The Morgan fingerprint density at radius 2 is 1.00 bits per heavy atom. The number of furan rings is 1. The Hall–Kier alpha value is -7.88. The van der Waals surface area contributed by atoms with Gasteiger partial charge in [-0.15, -0.1) is 0 Å². The molecule has 1 aromatic heterocycles. The topological polar surface area (TPSA) is 19.6 Å². The molecule has 10 aromatic rings. The lowest BCUT2D eigenvalue weighted by molar-refractivity contribution is 0.667. The number of para-hydroxylation sites is 3. The van der Waals surface area contributed by atoms with E-state index in [0.717, 1.165) is 44.6 Å². The standard InChI is InChI=1S/C58H40N2O/c1-3-15-39(16-4-1)40-27-30-43(31-28-40)59(45-33-36-57-53(38-45)50-23-11-14-26-56(50)61-57)44-32-35-47(52(37-44)41-17-5-2-6-18-41)48-21-9-12-24-54(48)60-55-25-13-10-22-49(55)51-34-29-42-19-7-8-20-46(42)58(51)60/h1-38,51,58H. The molecule has 3 nitrogen and oxygen atoms in total. The van der Waals surface area contributed by atoms with E-state index in [1.165, 1.54) is 55.9 Å². The minimum Gasteiger partial charge on any atom is -0.456 e. The van der Waals surface area contributed by atoms with Crippen molar-refractivity contribution < 1.29 is 4.42 Å². The Balaban J connectivity index is 1.05. The largest absolute Gasteiger partial charge is 0.456 e. The first-order chi connectivity index (χ1) is 30.3. The molecule has 2 heterocycles. The number of nitrogens with zero attached hydrogens (tertiary/aromatic N) is 2. The second kappa shape index (κ2) is 14.4. The molecule has 0 radical (unpaired) electrons. The van der Waals surface area contributed by atoms with E-state index in [2.05, 4.69) is 228 Å². The van der Waals surface area contributed by atoms with Gasteiger partial charge in [0, 0.05) is 50.7 Å². The lowest BCUT2D eigenvalue weighted by Crippen LogP contribution is -2.24. The van der Waals surface area contributed by atoms with Crippen LogP contribution in [0.25, 0.3) is 61.4 Å². The zero-order valence-corrected chi connectivity index (χ0v) is 33.4. The molecule has 0 saturated carbocycles. The van der Waals surface area contributed by atoms with E-state index < -0.39 is 0 Å². The minimum atomic E-state index is 0.141. The Morgan fingerprint density at radius 1 is 0.393 bits per heavy atom. The van der Waals surface area contributed by atoms with Gasteiger partial charge < -0.3 is 14.2 Å². The molecule has 3 heteroatoms. The zero-order valence-electron chi connectivity index (χ0n) is 33.4. The van der Waals surface area contributed by atoms with Gasteiger partial charge in [0.15, 0.2) is 0 Å². The fraction of sp³-hybridized carbons (Fsp3) is 0.0345. The molecule has 12 rings (SSSR count). The van der Waals surface area contributed by atoms with Gasteiger partial charge >= 0.3 is 0 Å². The molecule has 0 fully saturated rings. The predicted molar refractivity (Wildman–Crippen MR) is 254 cm³/mol. The van der Waals surface area contributed by atoms with Crippen molar-refractivity contribution in [2.45, 2.75) is 12.0 Å². The molecule has 2 aliphatic rings. The lowest BCUT2D eigenvalue weighted by atomic mass is 9.83. The fourth-order valence-electron chi connectivity index (χ4n) is 9.84. The van der Waals surface area contributed by atoms with E-state index in [1.54, 1.807) is 0 Å². The van der Waals surface area contributed by atoms with Gasteiger partial charge in [0.2, 0.25) is 0 Å². The summed E-state index contributed by atoms with van der Waals surface area (Å²) in [4.78, 5) is 4.98. The van der Waals surface area contributed by atoms with Gasteiger partial charge in [-0.1, -0.05) is 170 Å². The minimum absolute atomic E-state index is 0.141. The average Bonchev–Trinajstić information content (AvgIpc) is 3.88. The van der Waals surface area contributed by atoms with Crippen LogP contribution in [-0.4, -0.2) is 0 Å². The smallest absolute Gasteiger partial charge is 0.135 e. The van der Waals surface area contributed by atoms with Gasteiger partial charge in [-0.05, 0) is 105 Å². The molecule has 1 aliphatic heterocycles. The van der Waals surface area contributed by atoms with Crippen molar-refractivity contribution in [2.75, 3.05) is 9.80 Å². The van der Waals surface area contributed by atoms with E-state index in [0.29, 0.717) is 0 Å². The summed E-state index contributed by atoms with van der Waals surface area (Å²) in [6, 6.07) is 79.2. The number of rotatable bonds is 7. The second-order valence-corrected chi connectivity index (χ2v) is 16.0. The molecule has 0 saturated heterocycles. The van der Waals surface area contributed by atoms with Crippen LogP contribution in [0.3, 0.4) is 0 Å². The van der Waals surface area contributed by atoms with Gasteiger partial charge in [-0.2, -0.15) is 0 Å². The monoisotopic (exact) mass is 780 g/mol. The molecule has 9 aromatic carbocycles. The lowest BCUT2D eigenvalue weighted by Gasteiger charge is -2.34. The molecular formula is C58H40N2O. The van der Waals surface area contributed by atoms with E-state index in [1.807, 2.05) is 12.1 Å². The summed E-state index contributed by atoms with van der Waals surface area (Å²) in [5.74, 6) is 0.252. The molecule has 2 atom stereocenters. The fourth-order valence-corrected chi connectivity index (χ4v) is 9.84. The molecule has 0 spiro atoms. The third-order valence-corrected chi connectivity index (χ3v) is 12.6. The van der Waals surface area contributed by atoms with E-state index in [9.17, 15) is 0 Å². The van der Waals surface area contributed by atoms with Gasteiger partial charge in [0.05, 0.1) is 6.04 Å². The SMILES string of the molecule is C1=CC2c3ccccc3N(c3ccccc3-c3ccc(N(c4ccc(-c5ccccc5)cc4)c4ccc5oc6ccccc6c5c4)cc3-c3ccccc3)C2c2ccccc21. The quantitative estimate of drug-likeness (QED) is 0.161. The summed E-state index contributed by atoms with van der Waals surface area (Å²) in [6.45, 7) is 0. The van der Waals surface area contributed by atoms with Crippen molar-refractivity contribution in [3.05, 3.63) is 241 Å². The third kappa shape index (κ3) is 5.89. The molecular weight excluding hydrogens is 741 g/mol. The highest BCUT2D eigenvalue weighted by molar-refractivity contribution is 6.07. The average molecular weight is 781 g/mol. The van der Waals surface area contributed by atoms with Crippen LogP contribution in [0, 0.1) is 0 Å². The van der Waals surface area contributed by atoms with Crippen molar-refractivity contribution in [1.82, 2.24) is 0 Å². The van der Waals surface area contributed by atoms with Crippen molar-refractivity contribution in [2.24, 2.45) is 0 Å². The van der Waals surface area contributed by atoms with Crippen molar-refractivity contribution >= 4 is 56.5 Å². The van der Waals surface area contributed by atoms with Crippen LogP contribution >= 0.6 is 0 Å². The van der Waals surface area contributed by atoms with Crippen LogP contribution < -0.4 is 9.80 Å². The predicted octanol–water partition coefficient (Wildman–Crippen LogP) is 16.1. The molecule has 0 bridgehead atoms. The zero-order chi connectivity index (χ0) is 40.3. The maximum atomic E-state index is 6.31. The van der Waals surface area contributed by atoms with Gasteiger partial charge in [-0.25, -0.2) is 0 Å². The molecule has 0 N–H and O–H groups in total. The number of benzene rings is 9. The van der Waals surface area contributed by atoms with Crippen LogP contribution in [0.5, 0.6) is 0 Å². The molecule has 1 aliphatic carbocycles. The van der Waals surface area contributed by atoms with E-state index in [4.69, 9.17) is 4.42 Å². The van der Waals surface area contributed by atoms with Crippen LogP contribution in [0.4, 0.5) is 28.4 Å². The normalized spacial score (nSPS) is 15.1. The highest BCUT2D eigenvalue weighted by Gasteiger charge is 2.42. The Morgan fingerprint density at radius 3 is 1.84 bits per heavy atom. The molecule has 0 amide bonds. The number of hydrogen-bond acceptors (Lipinski definition) is 3. The summed E-state index contributed by atoms with van der Waals surface area (Å²) >= 11 is 0. The summed E-state index contributed by atoms with van der Waals surface area (Å²) in [7, 11) is 0. The maximum absolute atomic E-state index is 6.31. The number of fused-ring (bicyclic) bond motifs is 8. The van der Waals surface area contributed by atoms with E-state index in [-0.39, 0.29) is 12.0 Å². The van der Waals surface area contributed by atoms with Crippen LogP contribution in [-0.2, 0) is 0 Å². The first kappa shape index (κ1) is 35.1. The highest BCUT2D eigenvalue weighted by atomic mass is 16.3. The Bertz CT molecular complexity index is 3270. The van der Waals surface area contributed by atoms with Crippen LogP contribution in [0.1, 0.15) is 28.7 Å². The Kier molecular flexibility index (Phi) is 8.31. The second-order valence-electron chi connectivity index (χ2n) is 16.0. The van der Waals surface area contributed by atoms with Crippen LogP contribution in [0.15, 0.2) is 229 Å². The third-order valence-electron chi connectivity index (χ3n) is 12.6. The van der Waals surface area contributed by atoms with Crippen molar-refractivity contribution in [3.63, 3.8) is 0 Å². The van der Waals surface area contributed by atoms with Crippen molar-refractivity contribution in [1.29, 1.82) is 0 Å². The number of hydrogen-bond donors (Lipinski definition) is 0. The summed E-state index contributed by atoms with van der Waals surface area (Å²) in [6.07, 6.45) is 4.71. The van der Waals surface area contributed by atoms with Crippen LogP contribution in [0.2, 0.25) is 0 Å². The first-order valence-corrected chi connectivity index (χ1v) is 21.1. The molecule has 2 unspecified atom stereocenters. The first-order valence-electron chi connectivity index (χ1n) is 21.1. The van der Waals surface area contributed by atoms with Crippen molar-refractivity contribution in [3.8, 4) is 33.4 Å². The number of anilines is 5. The van der Waals surface area contributed by atoms with E-state index >= 15 is 0 Å². The Labute approximate surface area is 355 Å². The maximum Gasteiger partial charge on any atom is 0.135 e. The molecule has 288 valence electrons. The van der Waals surface area contributed by atoms with Gasteiger partial charge in [0.25, 0.3) is 0 Å². The van der Waals surface area contributed by atoms with Gasteiger partial charge in [-0.3, -0.25) is 0 Å². The highest BCUT2D eigenvalue weighted by Crippen LogP contribution is 2.57. The molecule has 61 heavy (non-hydrogen) atoms. The summed E-state index contributed by atoms with van der Waals surface area (Å²) in [5.41, 5.74) is 18.5.